The number of hydrogen-bond acceptors (Lipinski definition) is 5. The van der Waals surface area contributed by atoms with Gasteiger partial charge in [-0.05, 0) is 49.2 Å². The van der Waals surface area contributed by atoms with Gasteiger partial charge in [0.05, 0.1) is 21.1 Å². The number of thiophene rings is 1. The molecule has 0 radical (unpaired) electrons. The first-order valence-corrected chi connectivity index (χ1v) is 11.4. The van der Waals surface area contributed by atoms with Crippen LogP contribution in [0.25, 0.3) is 0 Å². The van der Waals surface area contributed by atoms with Crippen LogP contribution in [0.1, 0.15) is 25.7 Å². The Bertz CT molecular complexity index is 1170. The highest BCUT2D eigenvalue weighted by Gasteiger charge is 2.30. The standard InChI is InChI=1S/C21H21N3O3S2/c1-14-6-8-16(9-7-14)29(26,27)24-11-10-19-15(13-24)12-20(28-19)21(25)23-18-5-3-2-4-17(18)22/h2-9,12H,10-11,13,22H2,1H3,(H,23,25). The van der Waals surface area contributed by atoms with Crippen molar-refractivity contribution >= 4 is 38.6 Å². The highest BCUT2D eigenvalue weighted by molar-refractivity contribution is 7.89. The molecule has 2 aromatic carbocycles. The third kappa shape index (κ3) is 3.91. The summed E-state index contributed by atoms with van der Waals surface area (Å²) in [5.74, 6) is -0.241. The van der Waals surface area contributed by atoms with E-state index in [1.54, 1.807) is 54.6 Å². The summed E-state index contributed by atoms with van der Waals surface area (Å²) < 4.78 is 27.4. The number of amides is 1. The second-order valence-electron chi connectivity index (χ2n) is 7.00. The summed E-state index contributed by atoms with van der Waals surface area (Å²) in [6.45, 7) is 2.59. The van der Waals surface area contributed by atoms with Gasteiger partial charge in [-0.3, -0.25) is 4.79 Å². The molecule has 3 aromatic rings. The van der Waals surface area contributed by atoms with Crippen molar-refractivity contribution in [3.05, 3.63) is 75.5 Å². The first-order chi connectivity index (χ1) is 13.8. The lowest BCUT2D eigenvalue weighted by Crippen LogP contribution is -2.35. The summed E-state index contributed by atoms with van der Waals surface area (Å²) >= 11 is 1.40. The first-order valence-electron chi connectivity index (χ1n) is 9.19. The lowest BCUT2D eigenvalue weighted by Gasteiger charge is -2.26. The molecule has 0 spiro atoms. The number of para-hydroxylation sites is 2. The van der Waals surface area contributed by atoms with Gasteiger partial charge in [-0.25, -0.2) is 8.42 Å². The third-order valence-corrected chi connectivity index (χ3v) is 8.02. The first kappa shape index (κ1) is 19.6. The molecule has 150 valence electrons. The van der Waals surface area contributed by atoms with Gasteiger partial charge in [0.1, 0.15) is 0 Å². The fraction of sp³-hybridized carbons (Fsp3) is 0.190. The highest BCUT2D eigenvalue weighted by atomic mass is 32.2. The lowest BCUT2D eigenvalue weighted by molar-refractivity contribution is 0.103. The number of fused-ring (bicyclic) bond motifs is 1. The van der Waals surface area contributed by atoms with Gasteiger partial charge in [0.25, 0.3) is 5.91 Å². The van der Waals surface area contributed by atoms with Crippen LogP contribution in [0.4, 0.5) is 11.4 Å². The van der Waals surface area contributed by atoms with Crippen molar-refractivity contribution < 1.29 is 13.2 Å². The molecular weight excluding hydrogens is 406 g/mol. The van der Waals surface area contributed by atoms with E-state index >= 15 is 0 Å². The summed E-state index contributed by atoms with van der Waals surface area (Å²) in [5, 5.41) is 2.82. The predicted molar refractivity (Wildman–Crippen MR) is 116 cm³/mol. The Labute approximate surface area is 174 Å². The minimum absolute atomic E-state index is 0.241. The molecule has 0 aliphatic carbocycles. The van der Waals surface area contributed by atoms with Gasteiger partial charge in [0.2, 0.25) is 10.0 Å². The van der Waals surface area contributed by atoms with Crippen molar-refractivity contribution in [2.75, 3.05) is 17.6 Å². The number of nitrogens with zero attached hydrogens (tertiary/aromatic N) is 1. The molecule has 0 fully saturated rings. The van der Waals surface area contributed by atoms with Crippen LogP contribution in [0.5, 0.6) is 0 Å². The number of benzene rings is 2. The van der Waals surface area contributed by atoms with Crippen LogP contribution in [0.3, 0.4) is 0 Å². The van der Waals surface area contributed by atoms with Crippen LogP contribution in [0, 0.1) is 6.92 Å². The average Bonchev–Trinajstić information content (AvgIpc) is 3.13. The zero-order valence-corrected chi connectivity index (χ0v) is 17.5. The number of carbonyl (C=O) groups excluding carboxylic acids is 1. The van der Waals surface area contributed by atoms with Crippen LogP contribution >= 0.6 is 11.3 Å². The van der Waals surface area contributed by atoms with Gasteiger partial charge in [-0.1, -0.05) is 29.8 Å². The Morgan fingerprint density at radius 1 is 1.14 bits per heavy atom. The number of aryl methyl sites for hydroxylation is 1. The van der Waals surface area contributed by atoms with E-state index in [1.807, 2.05) is 6.92 Å². The number of nitrogens with two attached hydrogens (primary N) is 1. The van der Waals surface area contributed by atoms with Crippen LogP contribution in [-0.4, -0.2) is 25.2 Å². The Balaban J connectivity index is 1.53. The fourth-order valence-electron chi connectivity index (χ4n) is 3.28. The monoisotopic (exact) mass is 427 g/mol. The maximum absolute atomic E-state index is 13.0. The average molecular weight is 428 g/mol. The van der Waals surface area contributed by atoms with Gasteiger partial charge in [-0.2, -0.15) is 4.31 Å². The molecule has 6 nitrogen and oxygen atoms in total. The Morgan fingerprint density at radius 3 is 2.59 bits per heavy atom. The molecule has 8 heteroatoms. The zero-order chi connectivity index (χ0) is 20.6. The van der Waals surface area contributed by atoms with Gasteiger partial charge in [-0.15, -0.1) is 11.3 Å². The van der Waals surface area contributed by atoms with Gasteiger partial charge >= 0.3 is 0 Å². The van der Waals surface area contributed by atoms with Gasteiger partial charge in [0, 0.05) is 18.0 Å². The third-order valence-electron chi connectivity index (χ3n) is 4.92. The van der Waals surface area contributed by atoms with Crippen molar-refractivity contribution in [3.8, 4) is 0 Å². The van der Waals surface area contributed by atoms with E-state index in [0.29, 0.717) is 34.1 Å². The Hall–Kier alpha value is -2.68. The van der Waals surface area contributed by atoms with Crippen molar-refractivity contribution in [1.82, 2.24) is 4.31 Å². The minimum atomic E-state index is -3.57. The smallest absolute Gasteiger partial charge is 0.265 e. The van der Waals surface area contributed by atoms with E-state index in [2.05, 4.69) is 5.32 Å². The number of anilines is 2. The number of rotatable bonds is 4. The number of carbonyl (C=O) groups is 1. The quantitative estimate of drug-likeness (QED) is 0.622. The van der Waals surface area contributed by atoms with E-state index < -0.39 is 10.0 Å². The summed E-state index contributed by atoms with van der Waals surface area (Å²) in [6, 6.07) is 15.7. The number of nitrogens with one attached hydrogen (secondary N) is 1. The minimum Gasteiger partial charge on any atom is -0.397 e. The number of hydrogen-bond donors (Lipinski definition) is 2. The summed E-state index contributed by atoms with van der Waals surface area (Å²) in [4.78, 5) is 14.5. The topological polar surface area (TPSA) is 92.5 Å². The van der Waals surface area contributed by atoms with Crippen LogP contribution < -0.4 is 11.1 Å². The van der Waals surface area contributed by atoms with Crippen molar-refractivity contribution in [2.45, 2.75) is 24.8 Å². The summed E-state index contributed by atoms with van der Waals surface area (Å²) in [5.41, 5.74) is 8.84. The van der Waals surface area contributed by atoms with Crippen molar-refractivity contribution in [1.29, 1.82) is 0 Å². The molecule has 1 aliphatic rings. The molecule has 1 amide bonds. The molecule has 0 saturated heterocycles. The molecule has 0 bridgehead atoms. The van der Waals surface area contributed by atoms with E-state index in [4.69, 9.17) is 5.73 Å². The molecule has 1 aromatic heterocycles. The summed E-state index contributed by atoms with van der Waals surface area (Å²) in [6.07, 6.45) is 0.589. The molecule has 2 heterocycles. The van der Waals surface area contributed by atoms with Gasteiger partial charge in [0.15, 0.2) is 0 Å². The molecule has 1 aliphatic heterocycles. The fourth-order valence-corrected chi connectivity index (χ4v) is 5.76. The van der Waals surface area contributed by atoms with Gasteiger partial charge < -0.3 is 11.1 Å². The lowest BCUT2D eigenvalue weighted by atomic mass is 10.1. The molecule has 4 rings (SSSR count). The number of nitrogen functional groups attached to an aromatic ring is 1. The van der Waals surface area contributed by atoms with E-state index in [9.17, 15) is 13.2 Å². The SMILES string of the molecule is Cc1ccc(S(=O)(=O)N2CCc3sc(C(=O)Nc4ccccc4N)cc3C2)cc1. The van der Waals surface area contributed by atoms with E-state index in [1.165, 1.54) is 15.6 Å². The predicted octanol–water partition coefficient (Wildman–Crippen LogP) is 3.64. The second-order valence-corrected chi connectivity index (χ2v) is 10.1. The molecule has 0 atom stereocenters. The van der Waals surface area contributed by atoms with Crippen molar-refractivity contribution in [2.24, 2.45) is 0 Å². The molecular formula is C21H21N3O3S2. The highest BCUT2D eigenvalue weighted by Crippen LogP contribution is 2.31. The Kier molecular flexibility index (Phi) is 5.16. The molecule has 0 saturated carbocycles. The zero-order valence-electron chi connectivity index (χ0n) is 15.9. The summed E-state index contributed by atoms with van der Waals surface area (Å²) in [7, 11) is -3.57. The molecule has 0 unspecified atom stereocenters. The normalized spacial score (nSPS) is 14.4. The van der Waals surface area contributed by atoms with Crippen LogP contribution in [0.15, 0.2) is 59.5 Å². The maximum atomic E-state index is 13.0. The van der Waals surface area contributed by atoms with Crippen LogP contribution in [0.2, 0.25) is 0 Å². The molecule has 29 heavy (non-hydrogen) atoms. The van der Waals surface area contributed by atoms with E-state index in [0.717, 1.165) is 16.0 Å². The maximum Gasteiger partial charge on any atom is 0.265 e. The Morgan fingerprint density at radius 2 is 1.86 bits per heavy atom. The number of sulfonamides is 1. The molecule has 3 N–H and O–H groups in total. The van der Waals surface area contributed by atoms with Crippen LogP contribution in [-0.2, 0) is 23.0 Å². The second kappa shape index (κ2) is 7.62. The van der Waals surface area contributed by atoms with E-state index in [-0.39, 0.29) is 12.5 Å². The van der Waals surface area contributed by atoms with Crippen molar-refractivity contribution in [3.63, 3.8) is 0 Å². The largest absolute Gasteiger partial charge is 0.397 e.